The van der Waals surface area contributed by atoms with Gasteiger partial charge in [-0.05, 0) is 39.9 Å². The van der Waals surface area contributed by atoms with E-state index in [1.165, 1.54) is 12.0 Å². The second kappa shape index (κ2) is 6.84. The summed E-state index contributed by atoms with van der Waals surface area (Å²) in [6.45, 7) is 8.59. The van der Waals surface area contributed by atoms with Crippen molar-refractivity contribution in [3.63, 3.8) is 0 Å². The fraction of sp³-hybridized carbons (Fsp3) is 0.727. The van der Waals surface area contributed by atoms with Crippen molar-refractivity contribution in [2.75, 3.05) is 27.2 Å². The summed E-state index contributed by atoms with van der Waals surface area (Å²) in [4.78, 5) is 6.43. The zero-order valence-corrected chi connectivity index (χ0v) is 9.59. The van der Waals surface area contributed by atoms with Crippen LogP contribution in [0.3, 0.4) is 0 Å². The highest BCUT2D eigenvalue weighted by atomic mass is 15.1. The molecular formula is C11H22N2. The maximum Gasteiger partial charge on any atom is 0.0313 e. The van der Waals surface area contributed by atoms with E-state index < -0.39 is 0 Å². The zero-order valence-electron chi connectivity index (χ0n) is 9.59. The van der Waals surface area contributed by atoms with E-state index in [4.69, 9.17) is 0 Å². The van der Waals surface area contributed by atoms with Crippen molar-refractivity contribution in [3.05, 3.63) is 11.6 Å². The number of allylic oxidation sites excluding steroid dienone is 1. The molecule has 0 rings (SSSR count). The monoisotopic (exact) mass is 182 g/mol. The Kier molecular flexibility index (Phi) is 6.51. The van der Waals surface area contributed by atoms with Crippen molar-refractivity contribution >= 4 is 5.71 Å². The highest BCUT2D eigenvalue weighted by molar-refractivity contribution is 5.93. The van der Waals surface area contributed by atoms with Crippen LogP contribution in [0.1, 0.15) is 27.2 Å². The lowest BCUT2D eigenvalue weighted by Gasteiger charge is -2.15. The van der Waals surface area contributed by atoms with Crippen LogP contribution < -0.4 is 0 Å². The third kappa shape index (κ3) is 6.52. The first kappa shape index (κ1) is 12.4. The molecule has 0 saturated heterocycles. The summed E-state index contributed by atoms with van der Waals surface area (Å²) in [5.41, 5.74) is 2.47. The average molecular weight is 182 g/mol. The van der Waals surface area contributed by atoms with E-state index >= 15 is 0 Å². The Labute approximate surface area is 82.4 Å². The second-order valence-electron chi connectivity index (χ2n) is 3.59. The fourth-order valence-corrected chi connectivity index (χ4v) is 1.35. The number of nitrogens with zero attached hydrogens (tertiary/aromatic N) is 2. The molecule has 13 heavy (non-hydrogen) atoms. The van der Waals surface area contributed by atoms with Crippen molar-refractivity contribution in [2.24, 2.45) is 4.99 Å². The Morgan fingerprint density at radius 3 is 2.46 bits per heavy atom. The lowest BCUT2D eigenvalue weighted by molar-refractivity contribution is 0.363. The van der Waals surface area contributed by atoms with Gasteiger partial charge in [0.2, 0.25) is 0 Å². The van der Waals surface area contributed by atoms with Crippen molar-refractivity contribution < 1.29 is 0 Å². The molecule has 0 spiro atoms. The molecule has 0 aromatic carbocycles. The number of hydrogen-bond donors (Lipinski definition) is 0. The van der Waals surface area contributed by atoms with Crippen molar-refractivity contribution in [1.29, 1.82) is 0 Å². The molecule has 2 heteroatoms. The highest BCUT2D eigenvalue weighted by Crippen LogP contribution is 1.97. The van der Waals surface area contributed by atoms with Crippen LogP contribution in [0.4, 0.5) is 0 Å². The van der Waals surface area contributed by atoms with Gasteiger partial charge in [0.25, 0.3) is 0 Å². The van der Waals surface area contributed by atoms with Crippen LogP contribution in [0.25, 0.3) is 0 Å². The standard InChI is InChI=1S/C11H22N2/c1-6-7-13(5)9-10(2)8-11(3)12-4/h8H,6-7,9H2,1-5H3/b10-8+,12-11?. The summed E-state index contributed by atoms with van der Waals surface area (Å²) in [7, 11) is 3.98. The van der Waals surface area contributed by atoms with E-state index in [-0.39, 0.29) is 0 Å². The Hall–Kier alpha value is -0.630. The molecule has 0 fully saturated rings. The largest absolute Gasteiger partial charge is 0.302 e. The minimum atomic E-state index is 1.04. The Bertz CT molecular complexity index is 192. The smallest absolute Gasteiger partial charge is 0.0313 e. The predicted octanol–water partition coefficient (Wildman–Crippen LogP) is 2.37. The van der Waals surface area contributed by atoms with Gasteiger partial charge in [0, 0.05) is 19.3 Å². The first-order chi connectivity index (χ1) is 6.10. The Morgan fingerprint density at radius 2 is 2.00 bits per heavy atom. The van der Waals surface area contributed by atoms with Gasteiger partial charge in [-0.25, -0.2) is 0 Å². The number of aliphatic imine (C=N–C) groups is 1. The first-order valence-corrected chi connectivity index (χ1v) is 4.89. The van der Waals surface area contributed by atoms with Crippen molar-refractivity contribution in [3.8, 4) is 0 Å². The molecule has 2 nitrogen and oxygen atoms in total. The van der Waals surface area contributed by atoms with Crippen LogP contribution in [0, 0.1) is 0 Å². The minimum Gasteiger partial charge on any atom is -0.302 e. The summed E-state index contributed by atoms with van der Waals surface area (Å²) in [6, 6.07) is 0. The van der Waals surface area contributed by atoms with E-state index in [1.807, 2.05) is 14.0 Å². The number of hydrogen-bond acceptors (Lipinski definition) is 2. The zero-order chi connectivity index (χ0) is 10.3. The molecule has 0 amide bonds. The Balaban J connectivity index is 3.98. The van der Waals surface area contributed by atoms with Crippen LogP contribution in [0.15, 0.2) is 16.6 Å². The summed E-state index contributed by atoms with van der Waals surface area (Å²) < 4.78 is 0. The van der Waals surface area contributed by atoms with Gasteiger partial charge in [0.05, 0.1) is 0 Å². The van der Waals surface area contributed by atoms with E-state index in [9.17, 15) is 0 Å². The molecule has 0 bridgehead atoms. The summed E-state index contributed by atoms with van der Waals surface area (Å²) >= 11 is 0. The maximum atomic E-state index is 4.10. The predicted molar refractivity (Wildman–Crippen MR) is 60.6 cm³/mol. The van der Waals surface area contributed by atoms with Gasteiger partial charge in [-0.15, -0.1) is 0 Å². The maximum absolute atomic E-state index is 4.10. The molecule has 0 atom stereocenters. The molecule has 0 N–H and O–H groups in total. The summed E-state index contributed by atoms with van der Waals surface area (Å²) in [5, 5.41) is 0. The van der Waals surface area contributed by atoms with Crippen molar-refractivity contribution in [2.45, 2.75) is 27.2 Å². The number of rotatable bonds is 5. The van der Waals surface area contributed by atoms with Gasteiger partial charge in [-0.3, -0.25) is 4.99 Å². The molecule has 0 aliphatic rings. The Morgan fingerprint density at radius 1 is 1.38 bits per heavy atom. The van der Waals surface area contributed by atoms with Crippen LogP contribution in [-0.4, -0.2) is 37.8 Å². The average Bonchev–Trinajstić information content (AvgIpc) is 2.04. The molecule has 0 aliphatic heterocycles. The van der Waals surface area contributed by atoms with Crippen LogP contribution in [0.5, 0.6) is 0 Å². The van der Waals surface area contributed by atoms with E-state index in [0.29, 0.717) is 0 Å². The molecule has 76 valence electrons. The third-order valence-electron chi connectivity index (χ3n) is 1.93. The fourth-order valence-electron chi connectivity index (χ4n) is 1.35. The molecule has 0 saturated carbocycles. The third-order valence-corrected chi connectivity index (χ3v) is 1.93. The van der Waals surface area contributed by atoms with E-state index in [0.717, 1.165) is 18.8 Å². The lowest BCUT2D eigenvalue weighted by Crippen LogP contribution is -2.21. The SMILES string of the molecule is CCCN(C)C/C(C)=C/C(C)=NC. The molecule has 0 aliphatic carbocycles. The van der Waals surface area contributed by atoms with Gasteiger partial charge in [-0.2, -0.15) is 0 Å². The van der Waals surface area contributed by atoms with Gasteiger partial charge in [-0.1, -0.05) is 12.5 Å². The first-order valence-electron chi connectivity index (χ1n) is 4.89. The molecular weight excluding hydrogens is 160 g/mol. The molecule has 0 radical (unpaired) electrons. The topological polar surface area (TPSA) is 15.6 Å². The summed E-state index contributed by atoms with van der Waals surface area (Å²) in [5.74, 6) is 0. The summed E-state index contributed by atoms with van der Waals surface area (Å²) in [6.07, 6.45) is 3.36. The van der Waals surface area contributed by atoms with Gasteiger partial charge in [0.15, 0.2) is 0 Å². The number of likely N-dealkylation sites (N-methyl/N-ethyl adjacent to an activating group) is 1. The molecule has 0 aromatic rings. The van der Waals surface area contributed by atoms with E-state index in [2.05, 4.69) is 36.9 Å². The van der Waals surface area contributed by atoms with Gasteiger partial charge >= 0.3 is 0 Å². The van der Waals surface area contributed by atoms with Crippen LogP contribution in [-0.2, 0) is 0 Å². The highest BCUT2D eigenvalue weighted by Gasteiger charge is 1.97. The molecule has 0 heterocycles. The molecule has 0 unspecified atom stereocenters. The normalized spacial score (nSPS) is 14.0. The lowest BCUT2D eigenvalue weighted by atomic mass is 10.2. The van der Waals surface area contributed by atoms with Crippen LogP contribution in [0.2, 0.25) is 0 Å². The minimum absolute atomic E-state index is 1.04. The van der Waals surface area contributed by atoms with Gasteiger partial charge in [0.1, 0.15) is 0 Å². The van der Waals surface area contributed by atoms with Crippen molar-refractivity contribution in [1.82, 2.24) is 4.90 Å². The molecule has 0 aromatic heterocycles. The second-order valence-corrected chi connectivity index (χ2v) is 3.59. The van der Waals surface area contributed by atoms with E-state index in [1.54, 1.807) is 0 Å². The quantitative estimate of drug-likeness (QED) is 0.596. The van der Waals surface area contributed by atoms with Crippen LogP contribution >= 0.6 is 0 Å². The van der Waals surface area contributed by atoms with Gasteiger partial charge < -0.3 is 4.90 Å².